The van der Waals surface area contributed by atoms with Gasteiger partial charge in [0.2, 0.25) is 0 Å². The summed E-state index contributed by atoms with van der Waals surface area (Å²) in [6.45, 7) is 1.98. The lowest BCUT2D eigenvalue weighted by Gasteiger charge is -2.26. The van der Waals surface area contributed by atoms with Gasteiger partial charge in [-0.25, -0.2) is 12.8 Å². The van der Waals surface area contributed by atoms with Crippen LogP contribution in [0.5, 0.6) is 0 Å². The number of sulfonamides is 1. The molecule has 3 aromatic rings. The van der Waals surface area contributed by atoms with Gasteiger partial charge in [-0.3, -0.25) is 9.52 Å². The number of carbonyl (C=O) groups excluding carboxylic acids is 1. The average molecular weight is 490 g/mol. The number of rotatable bonds is 8. The van der Waals surface area contributed by atoms with E-state index in [2.05, 4.69) is 10.0 Å². The van der Waals surface area contributed by atoms with Gasteiger partial charge in [-0.1, -0.05) is 48.0 Å². The van der Waals surface area contributed by atoms with Crippen molar-refractivity contribution in [3.05, 3.63) is 94.3 Å². The zero-order valence-electron chi connectivity index (χ0n) is 18.5. The van der Waals surface area contributed by atoms with E-state index in [9.17, 15) is 17.6 Å². The fourth-order valence-corrected chi connectivity index (χ4v) is 4.72. The minimum Gasteiger partial charge on any atom is -0.350 e. The van der Waals surface area contributed by atoms with Crippen LogP contribution >= 0.6 is 11.6 Å². The van der Waals surface area contributed by atoms with E-state index >= 15 is 0 Å². The van der Waals surface area contributed by atoms with Gasteiger partial charge in [-0.15, -0.1) is 0 Å². The Bertz CT molecular complexity index is 1270. The molecule has 0 spiro atoms. The summed E-state index contributed by atoms with van der Waals surface area (Å²) in [5.74, 6) is -1.12. The highest BCUT2D eigenvalue weighted by molar-refractivity contribution is 7.92. The molecule has 0 aromatic heterocycles. The van der Waals surface area contributed by atoms with Gasteiger partial charge in [-0.05, 0) is 62.5 Å². The van der Waals surface area contributed by atoms with Crippen LogP contribution in [0.15, 0.2) is 71.6 Å². The molecule has 0 saturated carbocycles. The number of nitrogens with one attached hydrogen (secondary N) is 2. The van der Waals surface area contributed by atoms with Gasteiger partial charge in [-0.2, -0.15) is 0 Å². The van der Waals surface area contributed by atoms with E-state index in [4.69, 9.17) is 11.6 Å². The summed E-state index contributed by atoms with van der Waals surface area (Å²) in [6, 6.07) is 16.9. The lowest BCUT2D eigenvalue weighted by atomic mass is 10.0. The molecule has 6 nitrogen and oxygen atoms in total. The largest absolute Gasteiger partial charge is 0.350 e. The van der Waals surface area contributed by atoms with E-state index in [0.717, 1.165) is 11.6 Å². The van der Waals surface area contributed by atoms with Gasteiger partial charge < -0.3 is 10.2 Å². The molecule has 0 fully saturated rings. The van der Waals surface area contributed by atoms with E-state index in [1.165, 1.54) is 30.3 Å². The molecule has 1 amide bonds. The van der Waals surface area contributed by atoms with Crippen LogP contribution in [-0.4, -0.2) is 39.9 Å². The van der Waals surface area contributed by atoms with Crippen molar-refractivity contribution in [2.24, 2.45) is 0 Å². The molecule has 1 unspecified atom stereocenters. The Kier molecular flexibility index (Phi) is 7.73. The van der Waals surface area contributed by atoms with Gasteiger partial charge in [0.1, 0.15) is 5.82 Å². The van der Waals surface area contributed by atoms with E-state index in [1.54, 1.807) is 19.1 Å². The van der Waals surface area contributed by atoms with E-state index in [1.807, 2.05) is 37.2 Å². The van der Waals surface area contributed by atoms with Crippen LogP contribution in [0.2, 0.25) is 5.02 Å². The van der Waals surface area contributed by atoms with Crippen molar-refractivity contribution >= 4 is 33.2 Å². The fraction of sp³-hybridized carbons (Fsp3) is 0.208. The first kappa shape index (κ1) is 24.7. The number of likely N-dealkylation sites (N-methyl/N-ethyl adjacent to an activating group) is 1. The fourth-order valence-electron chi connectivity index (χ4n) is 3.36. The first-order valence-electron chi connectivity index (χ1n) is 10.2. The minimum absolute atomic E-state index is 0.142. The second kappa shape index (κ2) is 10.3. The van der Waals surface area contributed by atoms with Crippen molar-refractivity contribution in [2.45, 2.75) is 17.9 Å². The third kappa shape index (κ3) is 5.90. The quantitative estimate of drug-likeness (QED) is 0.484. The average Bonchev–Trinajstić information content (AvgIpc) is 2.76. The van der Waals surface area contributed by atoms with Crippen LogP contribution in [0, 0.1) is 12.7 Å². The lowest BCUT2D eigenvalue weighted by Crippen LogP contribution is -2.35. The Morgan fingerprint density at radius 1 is 1.06 bits per heavy atom. The number of nitrogens with zero attached hydrogens (tertiary/aromatic N) is 1. The predicted molar refractivity (Wildman–Crippen MR) is 129 cm³/mol. The highest BCUT2D eigenvalue weighted by Crippen LogP contribution is 2.26. The van der Waals surface area contributed by atoms with Gasteiger partial charge in [0, 0.05) is 17.1 Å². The Morgan fingerprint density at radius 3 is 2.39 bits per heavy atom. The Hall–Kier alpha value is -2.94. The van der Waals surface area contributed by atoms with Gasteiger partial charge in [0.05, 0.1) is 16.6 Å². The van der Waals surface area contributed by atoms with Crippen LogP contribution < -0.4 is 10.0 Å². The molecule has 0 aliphatic rings. The second-order valence-corrected chi connectivity index (χ2v) is 9.86. The zero-order valence-corrected chi connectivity index (χ0v) is 20.0. The molecule has 0 saturated heterocycles. The molecule has 0 aliphatic carbocycles. The van der Waals surface area contributed by atoms with Crippen molar-refractivity contribution in [1.29, 1.82) is 0 Å². The van der Waals surface area contributed by atoms with E-state index in [0.29, 0.717) is 10.6 Å². The van der Waals surface area contributed by atoms with Gasteiger partial charge in [0.25, 0.3) is 15.9 Å². The summed E-state index contributed by atoms with van der Waals surface area (Å²) in [6.07, 6.45) is 0. The molecule has 174 valence electrons. The Labute approximate surface area is 198 Å². The Morgan fingerprint density at radius 2 is 1.73 bits per heavy atom. The topological polar surface area (TPSA) is 78.5 Å². The normalized spacial score (nSPS) is 12.4. The van der Waals surface area contributed by atoms with Crippen molar-refractivity contribution in [2.75, 3.05) is 25.4 Å². The smallest absolute Gasteiger partial charge is 0.262 e. The third-order valence-electron chi connectivity index (χ3n) is 5.23. The molecular weight excluding hydrogens is 465 g/mol. The summed E-state index contributed by atoms with van der Waals surface area (Å²) in [5, 5.41) is 3.46. The van der Waals surface area contributed by atoms with Crippen LogP contribution in [0.25, 0.3) is 0 Å². The summed E-state index contributed by atoms with van der Waals surface area (Å²) in [4.78, 5) is 14.8. The van der Waals surface area contributed by atoms with E-state index < -0.39 is 21.7 Å². The SMILES string of the molecule is Cc1ccc(S(=O)(=O)Nc2ccccc2F)cc1C(=O)NCC(c1ccccc1Cl)N(C)C. The van der Waals surface area contributed by atoms with Crippen LogP contribution in [0.4, 0.5) is 10.1 Å². The molecule has 0 aliphatic heterocycles. The maximum absolute atomic E-state index is 13.9. The van der Waals surface area contributed by atoms with Crippen molar-refractivity contribution in [1.82, 2.24) is 10.2 Å². The maximum Gasteiger partial charge on any atom is 0.262 e. The van der Waals surface area contributed by atoms with Gasteiger partial charge in [0.15, 0.2) is 0 Å². The standard InChI is InChI=1S/C24H25ClFN3O3S/c1-16-12-13-17(33(31,32)28-22-11-7-6-10-21(22)26)14-19(16)24(30)27-15-23(29(2)3)18-8-4-5-9-20(18)25/h4-14,23,28H,15H2,1-3H3,(H,27,30). The number of hydrogen-bond acceptors (Lipinski definition) is 4. The zero-order chi connectivity index (χ0) is 24.2. The van der Waals surface area contributed by atoms with Crippen LogP contribution in [0.3, 0.4) is 0 Å². The number of para-hydroxylation sites is 1. The number of halogens is 2. The monoisotopic (exact) mass is 489 g/mol. The summed E-state index contributed by atoms with van der Waals surface area (Å²) >= 11 is 6.33. The molecule has 9 heteroatoms. The molecule has 3 rings (SSSR count). The molecule has 2 N–H and O–H groups in total. The number of benzene rings is 3. The maximum atomic E-state index is 13.9. The predicted octanol–water partition coefficient (Wildman–Crippen LogP) is 4.62. The molecule has 33 heavy (non-hydrogen) atoms. The molecule has 0 bridgehead atoms. The lowest BCUT2D eigenvalue weighted by molar-refractivity contribution is 0.0941. The minimum atomic E-state index is -4.10. The van der Waals surface area contributed by atoms with Crippen molar-refractivity contribution < 1.29 is 17.6 Å². The first-order chi connectivity index (χ1) is 15.6. The highest BCUT2D eigenvalue weighted by atomic mass is 35.5. The molecule has 0 heterocycles. The number of anilines is 1. The third-order valence-corrected chi connectivity index (χ3v) is 6.93. The second-order valence-electron chi connectivity index (χ2n) is 7.77. The summed E-state index contributed by atoms with van der Waals surface area (Å²) in [5.41, 5.74) is 1.52. The number of aryl methyl sites for hydroxylation is 1. The first-order valence-corrected chi connectivity index (χ1v) is 12.0. The molecule has 0 radical (unpaired) electrons. The van der Waals surface area contributed by atoms with Crippen LogP contribution in [0.1, 0.15) is 27.5 Å². The number of hydrogen-bond donors (Lipinski definition) is 2. The highest BCUT2D eigenvalue weighted by Gasteiger charge is 2.22. The Balaban J connectivity index is 1.82. The summed E-state index contributed by atoms with van der Waals surface area (Å²) < 4.78 is 41.7. The van der Waals surface area contributed by atoms with Crippen molar-refractivity contribution in [3.8, 4) is 0 Å². The van der Waals surface area contributed by atoms with Crippen molar-refractivity contribution in [3.63, 3.8) is 0 Å². The van der Waals surface area contributed by atoms with Gasteiger partial charge >= 0.3 is 0 Å². The molecule has 1 atom stereocenters. The summed E-state index contributed by atoms with van der Waals surface area (Å²) in [7, 11) is -0.334. The molecular formula is C24H25ClFN3O3S. The molecule has 3 aromatic carbocycles. The van der Waals surface area contributed by atoms with Crippen LogP contribution in [-0.2, 0) is 10.0 Å². The van der Waals surface area contributed by atoms with E-state index in [-0.39, 0.29) is 28.7 Å². The number of carbonyl (C=O) groups is 1. The number of amides is 1.